The molecule has 0 aliphatic carbocycles. The van der Waals surface area contributed by atoms with Gasteiger partial charge in [-0.25, -0.2) is 0 Å². The lowest BCUT2D eigenvalue weighted by molar-refractivity contribution is 0.0628. The number of benzene rings is 2. The Morgan fingerprint density at radius 2 is 1.55 bits per heavy atom. The van der Waals surface area contributed by atoms with Crippen LogP contribution in [0.3, 0.4) is 0 Å². The fourth-order valence-electron chi connectivity index (χ4n) is 3.61. The van der Waals surface area contributed by atoms with Gasteiger partial charge in [-0.15, -0.1) is 0 Å². The Morgan fingerprint density at radius 3 is 2.26 bits per heavy atom. The highest BCUT2D eigenvalue weighted by Gasteiger charge is 2.24. The van der Waals surface area contributed by atoms with Crippen LogP contribution in [0.1, 0.15) is 26.4 Å². The maximum Gasteiger partial charge on any atom is 0.256 e. The number of halogens is 1. The normalized spacial score (nSPS) is 14.3. The number of aromatic nitrogens is 1. The summed E-state index contributed by atoms with van der Waals surface area (Å²) >= 11 is 3.40. The van der Waals surface area contributed by atoms with Gasteiger partial charge in [-0.3, -0.25) is 19.5 Å². The van der Waals surface area contributed by atoms with Crippen LogP contribution >= 0.6 is 15.9 Å². The van der Waals surface area contributed by atoms with Gasteiger partial charge >= 0.3 is 0 Å². The monoisotopic (exact) mass is 478 g/mol. The lowest BCUT2D eigenvalue weighted by Gasteiger charge is -2.34. The summed E-state index contributed by atoms with van der Waals surface area (Å²) in [4.78, 5) is 34.5. The second kappa shape index (κ2) is 9.85. The van der Waals surface area contributed by atoms with E-state index in [4.69, 9.17) is 0 Å². The van der Waals surface area contributed by atoms with Crippen molar-refractivity contribution in [1.29, 1.82) is 0 Å². The number of anilines is 1. The molecule has 1 aromatic heterocycles. The van der Waals surface area contributed by atoms with E-state index in [-0.39, 0.29) is 11.8 Å². The van der Waals surface area contributed by atoms with E-state index in [0.29, 0.717) is 34.4 Å². The molecule has 0 bridgehead atoms. The smallest absolute Gasteiger partial charge is 0.256 e. The maximum absolute atomic E-state index is 13.2. The number of nitrogens with one attached hydrogen (secondary N) is 1. The van der Waals surface area contributed by atoms with Crippen LogP contribution in [0.2, 0.25) is 0 Å². The number of nitrogens with zero attached hydrogens (tertiary/aromatic N) is 3. The summed E-state index contributed by atoms with van der Waals surface area (Å²) in [5.41, 5.74) is 2.57. The molecular formula is C24H23BrN4O2. The van der Waals surface area contributed by atoms with Crippen LogP contribution in [0, 0.1) is 0 Å². The summed E-state index contributed by atoms with van der Waals surface area (Å²) in [6, 6.07) is 20.3. The van der Waals surface area contributed by atoms with Crippen molar-refractivity contribution in [2.24, 2.45) is 0 Å². The van der Waals surface area contributed by atoms with Crippen molar-refractivity contribution in [2.45, 2.75) is 6.54 Å². The molecule has 4 rings (SSSR count). The van der Waals surface area contributed by atoms with Crippen LogP contribution in [0.4, 0.5) is 5.69 Å². The van der Waals surface area contributed by atoms with E-state index in [1.54, 1.807) is 30.5 Å². The zero-order valence-corrected chi connectivity index (χ0v) is 18.6. The lowest BCUT2D eigenvalue weighted by Crippen LogP contribution is -2.48. The SMILES string of the molecule is O=C(Nc1ccccc1C(=O)N1CCN(Cc2ccccn2)CC1)c1ccccc1Br. The number of carbonyl (C=O) groups is 2. The number of carbonyl (C=O) groups excluding carboxylic acids is 2. The minimum Gasteiger partial charge on any atom is -0.336 e. The second-order valence-electron chi connectivity index (χ2n) is 7.37. The molecule has 1 saturated heterocycles. The van der Waals surface area contributed by atoms with Gasteiger partial charge in [0.1, 0.15) is 0 Å². The van der Waals surface area contributed by atoms with Gasteiger partial charge in [-0.1, -0.05) is 30.3 Å². The Balaban J connectivity index is 1.41. The zero-order chi connectivity index (χ0) is 21.6. The number of hydrogen-bond acceptors (Lipinski definition) is 4. The molecule has 7 heteroatoms. The van der Waals surface area contributed by atoms with Gasteiger partial charge < -0.3 is 10.2 Å². The molecule has 0 spiro atoms. The Labute approximate surface area is 190 Å². The van der Waals surface area contributed by atoms with E-state index < -0.39 is 0 Å². The molecule has 1 fully saturated rings. The first kappa shape index (κ1) is 21.2. The molecule has 0 atom stereocenters. The number of rotatable bonds is 5. The Kier molecular flexibility index (Phi) is 6.74. The standard InChI is InChI=1S/C24H23BrN4O2/c25-21-10-3-1-8-19(21)23(30)27-22-11-4-2-9-20(22)24(31)29-15-13-28(14-16-29)17-18-7-5-6-12-26-18/h1-12H,13-17H2,(H,27,30). The van der Waals surface area contributed by atoms with Crippen LogP contribution < -0.4 is 5.32 Å². The quantitative estimate of drug-likeness (QED) is 0.600. The van der Waals surface area contributed by atoms with E-state index in [2.05, 4.69) is 31.1 Å². The molecule has 0 radical (unpaired) electrons. The van der Waals surface area contributed by atoms with Crippen molar-refractivity contribution >= 4 is 33.4 Å². The number of para-hydroxylation sites is 1. The third kappa shape index (κ3) is 5.18. The molecule has 2 aromatic carbocycles. The zero-order valence-electron chi connectivity index (χ0n) is 17.0. The van der Waals surface area contributed by atoms with Gasteiger partial charge in [0, 0.05) is 43.4 Å². The minimum absolute atomic E-state index is 0.0690. The summed E-state index contributed by atoms with van der Waals surface area (Å²) in [5, 5.41) is 2.89. The van der Waals surface area contributed by atoms with Crippen LogP contribution in [0.25, 0.3) is 0 Å². The topological polar surface area (TPSA) is 65.5 Å². The Morgan fingerprint density at radius 1 is 0.871 bits per heavy atom. The highest BCUT2D eigenvalue weighted by molar-refractivity contribution is 9.10. The van der Waals surface area contributed by atoms with Crippen molar-refractivity contribution in [3.63, 3.8) is 0 Å². The third-order valence-corrected chi connectivity index (χ3v) is 5.99. The predicted molar refractivity (Wildman–Crippen MR) is 124 cm³/mol. The fraction of sp³-hybridized carbons (Fsp3) is 0.208. The molecule has 2 heterocycles. The van der Waals surface area contributed by atoms with E-state index >= 15 is 0 Å². The number of amides is 2. The average molecular weight is 479 g/mol. The van der Waals surface area contributed by atoms with Gasteiger partial charge in [0.15, 0.2) is 0 Å². The summed E-state index contributed by atoms with van der Waals surface area (Å²) in [6.45, 7) is 3.62. The van der Waals surface area contributed by atoms with Gasteiger partial charge in [-0.05, 0) is 52.3 Å². The predicted octanol–water partition coefficient (Wildman–Crippen LogP) is 4.05. The Bertz CT molecular complexity index is 1070. The third-order valence-electron chi connectivity index (χ3n) is 5.30. The van der Waals surface area contributed by atoms with Crippen molar-refractivity contribution in [3.05, 3.63) is 94.2 Å². The molecule has 31 heavy (non-hydrogen) atoms. The Hall–Kier alpha value is -3.03. The first-order valence-electron chi connectivity index (χ1n) is 10.2. The molecule has 1 N–H and O–H groups in total. The van der Waals surface area contributed by atoms with Gasteiger partial charge in [0.05, 0.1) is 22.5 Å². The number of hydrogen-bond donors (Lipinski definition) is 1. The van der Waals surface area contributed by atoms with Crippen molar-refractivity contribution in [1.82, 2.24) is 14.8 Å². The van der Waals surface area contributed by atoms with Crippen LogP contribution in [0.5, 0.6) is 0 Å². The summed E-state index contributed by atoms with van der Waals surface area (Å²) < 4.78 is 0.709. The molecule has 3 aromatic rings. The van der Waals surface area contributed by atoms with Crippen molar-refractivity contribution in [3.8, 4) is 0 Å². The first-order chi connectivity index (χ1) is 15.1. The van der Waals surface area contributed by atoms with Crippen molar-refractivity contribution < 1.29 is 9.59 Å². The van der Waals surface area contributed by atoms with E-state index in [9.17, 15) is 9.59 Å². The molecule has 0 unspecified atom stereocenters. The lowest BCUT2D eigenvalue weighted by atomic mass is 10.1. The first-order valence-corrected chi connectivity index (χ1v) is 11.0. The van der Waals surface area contributed by atoms with Crippen LogP contribution in [-0.4, -0.2) is 52.8 Å². The number of pyridine rings is 1. The minimum atomic E-state index is -0.257. The molecule has 1 aliphatic rings. The highest BCUT2D eigenvalue weighted by atomic mass is 79.9. The average Bonchev–Trinajstić information content (AvgIpc) is 2.80. The summed E-state index contributed by atoms with van der Waals surface area (Å²) in [7, 11) is 0. The van der Waals surface area contributed by atoms with E-state index in [1.807, 2.05) is 47.4 Å². The van der Waals surface area contributed by atoms with Crippen LogP contribution in [-0.2, 0) is 6.54 Å². The molecule has 0 saturated carbocycles. The second-order valence-corrected chi connectivity index (χ2v) is 8.22. The molecular weight excluding hydrogens is 456 g/mol. The maximum atomic E-state index is 13.2. The highest BCUT2D eigenvalue weighted by Crippen LogP contribution is 2.22. The van der Waals surface area contributed by atoms with E-state index in [0.717, 1.165) is 25.3 Å². The largest absolute Gasteiger partial charge is 0.336 e. The summed E-state index contributed by atoms with van der Waals surface area (Å²) in [6.07, 6.45) is 1.80. The fourth-order valence-corrected chi connectivity index (χ4v) is 4.08. The molecule has 1 aliphatic heterocycles. The van der Waals surface area contributed by atoms with Crippen molar-refractivity contribution in [2.75, 3.05) is 31.5 Å². The van der Waals surface area contributed by atoms with Gasteiger partial charge in [0.2, 0.25) is 0 Å². The van der Waals surface area contributed by atoms with Gasteiger partial charge in [-0.2, -0.15) is 0 Å². The molecule has 2 amide bonds. The molecule has 6 nitrogen and oxygen atoms in total. The van der Waals surface area contributed by atoms with Gasteiger partial charge in [0.25, 0.3) is 11.8 Å². The summed E-state index contributed by atoms with van der Waals surface area (Å²) in [5.74, 6) is -0.326. The number of piperazine rings is 1. The molecule has 158 valence electrons. The van der Waals surface area contributed by atoms with Crippen LogP contribution in [0.15, 0.2) is 77.4 Å². The van der Waals surface area contributed by atoms with E-state index in [1.165, 1.54) is 0 Å².